The van der Waals surface area contributed by atoms with Crippen molar-refractivity contribution >= 4 is 49.8 Å². The molecule has 13 rings (SSSR count). The first kappa shape index (κ1) is 36.7. The molecule has 0 N–H and O–H groups in total. The van der Waals surface area contributed by atoms with Gasteiger partial charge in [-0.3, -0.25) is 0 Å². The van der Waals surface area contributed by atoms with Crippen LogP contribution in [0.2, 0.25) is 0 Å². The Labute approximate surface area is 373 Å². The first-order valence-corrected chi connectivity index (χ1v) is 22.3. The van der Waals surface area contributed by atoms with Crippen molar-refractivity contribution < 1.29 is 4.42 Å². The Bertz CT molecular complexity index is 3610. The molecule has 2 nitrogen and oxygen atoms in total. The van der Waals surface area contributed by atoms with Crippen LogP contribution in [0.1, 0.15) is 47.2 Å². The highest BCUT2D eigenvalue weighted by atomic mass is 16.3. The Morgan fingerprint density at radius 1 is 0.375 bits per heavy atom. The average Bonchev–Trinajstić information content (AvgIpc) is 3.97. The fourth-order valence-corrected chi connectivity index (χ4v) is 11.5. The van der Waals surface area contributed by atoms with E-state index in [1.165, 1.54) is 66.6 Å². The highest BCUT2D eigenvalue weighted by molar-refractivity contribution is 6.18. The van der Waals surface area contributed by atoms with Gasteiger partial charge < -0.3 is 9.32 Å². The molecule has 11 aromatic rings. The lowest BCUT2D eigenvalue weighted by Crippen LogP contribution is -2.28. The minimum absolute atomic E-state index is 0.158. The molecule has 0 saturated carbocycles. The fourth-order valence-electron chi connectivity index (χ4n) is 11.5. The van der Waals surface area contributed by atoms with E-state index in [9.17, 15) is 0 Å². The molecular formula is C62H43NO. The van der Waals surface area contributed by atoms with E-state index in [1.807, 2.05) is 0 Å². The van der Waals surface area contributed by atoms with Crippen molar-refractivity contribution in [1.82, 2.24) is 0 Å². The van der Waals surface area contributed by atoms with E-state index in [0.717, 1.165) is 50.0 Å². The summed E-state index contributed by atoms with van der Waals surface area (Å²) < 4.78 is 7.10. The molecule has 0 aliphatic heterocycles. The topological polar surface area (TPSA) is 16.4 Å². The quantitative estimate of drug-likeness (QED) is 0.166. The highest BCUT2D eigenvalue weighted by Crippen LogP contribution is 2.58. The number of fused-ring (bicyclic) bond motifs is 11. The van der Waals surface area contributed by atoms with Gasteiger partial charge in [0, 0.05) is 32.8 Å². The second-order valence-corrected chi connectivity index (χ2v) is 18.0. The van der Waals surface area contributed by atoms with Crippen molar-refractivity contribution in [3.8, 4) is 33.4 Å². The van der Waals surface area contributed by atoms with Crippen LogP contribution >= 0.6 is 0 Å². The maximum atomic E-state index is 7.10. The molecule has 2 aliphatic carbocycles. The van der Waals surface area contributed by atoms with Crippen molar-refractivity contribution in [2.75, 3.05) is 4.90 Å². The molecular weight excluding hydrogens is 775 g/mol. The van der Waals surface area contributed by atoms with Gasteiger partial charge in [0.05, 0.1) is 16.8 Å². The number of nitrogens with zero attached hydrogens (tertiary/aromatic N) is 1. The van der Waals surface area contributed by atoms with Crippen LogP contribution in [0.25, 0.3) is 66.1 Å². The first-order valence-electron chi connectivity index (χ1n) is 22.3. The zero-order chi connectivity index (χ0) is 42.6. The highest BCUT2D eigenvalue weighted by Gasteiger charge is 2.46. The van der Waals surface area contributed by atoms with Crippen LogP contribution in [-0.4, -0.2) is 0 Å². The molecule has 1 aromatic heterocycles. The Hall–Kier alpha value is -7.94. The van der Waals surface area contributed by atoms with E-state index in [2.05, 4.69) is 243 Å². The summed E-state index contributed by atoms with van der Waals surface area (Å²) >= 11 is 0. The van der Waals surface area contributed by atoms with E-state index in [4.69, 9.17) is 4.42 Å². The summed E-state index contributed by atoms with van der Waals surface area (Å²) in [5.74, 6) is 0. The first-order chi connectivity index (χ1) is 31.5. The molecule has 0 unspecified atom stereocenters. The van der Waals surface area contributed by atoms with Crippen LogP contribution < -0.4 is 4.90 Å². The second-order valence-electron chi connectivity index (χ2n) is 18.0. The summed E-state index contributed by atoms with van der Waals surface area (Å²) in [6, 6.07) is 82.6. The Morgan fingerprint density at radius 3 is 1.78 bits per heavy atom. The lowest BCUT2D eigenvalue weighted by molar-refractivity contribution is 0.660. The molecule has 0 atom stereocenters. The maximum Gasteiger partial charge on any atom is 0.159 e. The van der Waals surface area contributed by atoms with Crippen molar-refractivity contribution in [2.45, 2.75) is 24.7 Å². The third kappa shape index (κ3) is 5.08. The summed E-state index contributed by atoms with van der Waals surface area (Å²) in [5.41, 5.74) is 19.6. The minimum atomic E-state index is -0.444. The van der Waals surface area contributed by atoms with E-state index in [0.29, 0.717) is 0 Å². The van der Waals surface area contributed by atoms with Crippen molar-refractivity contribution in [3.63, 3.8) is 0 Å². The smallest absolute Gasteiger partial charge is 0.159 e. The number of furan rings is 1. The number of anilines is 3. The summed E-state index contributed by atoms with van der Waals surface area (Å²) in [6.45, 7) is 4.71. The van der Waals surface area contributed by atoms with Crippen LogP contribution in [0.3, 0.4) is 0 Å². The maximum absolute atomic E-state index is 7.10. The van der Waals surface area contributed by atoms with Gasteiger partial charge in [0.25, 0.3) is 0 Å². The van der Waals surface area contributed by atoms with Gasteiger partial charge in [-0.1, -0.05) is 202 Å². The fraction of sp³-hybridized carbons (Fsp3) is 0.0645. The standard InChI is InChI=1S/C62H43NO/c1-61(2)52-29-13-12-27-50(52)58-55(61)31-17-32-56(58)63(57-33-16-28-48-49-36-34-40-18-9-10-25-46(40)59(49)64-60(48)57)45-24-15-19-41(38-45)42-35-37-54-51(39-42)47-26-11-14-30-53(47)62(54,43-20-5-3-6-21-43)44-22-7-4-8-23-44/h3-39H,1-2H3. The molecule has 0 saturated heterocycles. The van der Waals surface area contributed by atoms with Crippen molar-refractivity contribution in [2.24, 2.45) is 0 Å². The Kier molecular flexibility index (Phi) is 7.90. The van der Waals surface area contributed by atoms with Crippen LogP contribution in [-0.2, 0) is 10.8 Å². The number of hydrogen-bond donors (Lipinski definition) is 0. The zero-order valence-electron chi connectivity index (χ0n) is 35.7. The normalized spacial score (nSPS) is 14.0. The summed E-state index contributed by atoms with van der Waals surface area (Å²) in [4.78, 5) is 2.45. The Morgan fingerprint density at radius 2 is 0.969 bits per heavy atom. The van der Waals surface area contributed by atoms with E-state index >= 15 is 0 Å². The van der Waals surface area contributed by atoms with Crippen molar-refractivity contribution in [1.29, 1.82) is 0 Å². The van der Waals surface area contributed by atoms with Gasteiger partial charge in [0.2, 0.25) is 0 Å². The molecule has 2 heteroatoms. The molecule has 0 spiro atoms. The molecule has 0 amide bonds. The number of rotatable bonds is 6. The average molecular weight is 818 g/mol. The minimum Gasteiger partial charge on any atom is -0.453 e. The number of benzene rings is 10. The van der Waals surface area contributed by atoms with Gasteiger partial charge in [-0.2, -0.15) is 0 Å². The molecule has 64 heavy (non-hydrogen) atoms. The molecule has 2 aliphatic rings. The predicted molar refractivity (Wildman–Crippen MR) is 266 cm³/mol. The zero-order valence-corrected chi connectivity index (χ0v) is 35.7. The monoisotopic (exact) mass is 817 g/mol. The molecule has 10 aromatic carbocycles. The third-order valence-corrected chi connectivity index (χ3v) is 14.3. The summed E-state index contributed by atoms with van der Waals surface area (Å²) in [5, 5.41) is 4.51. The van der Waals surface area contributed by atoms with Crippen molar-refractivity contribution in [3.05, 3.63) is 258 Å². The van der Waals surface area contributed by atoms with Crippen LogP contribution in [0.4, 0.5) is 17.1 Å². The van der Waals surface area contributed by atoms with Gasteiger partial charge >= 0.3 is 0 Å². The van der Waals surface area contributed by atoms with Crippen LogP contribution in [0.5, 0.6) is 0 Å². The van der Waals surface area contributed by atoms with Crippen LogP contribution in [0.15, 0.2) is 229 Å². The summed E-state index contributed by atoms with van der Waals surface area (Å²) in [6.07, 6.45) is 0. The van der Waals surface area contributed by atoms with Gasteiger partial charge in [-0.15, -0.1) is 0 Å². The van der Waals surface area contributed by atoms with E-state index < -0.39 is 5.41 Å². The molecule has 0 radical (unpaired) electrons. The lowest BCUT2D eigenvalue weighted by Gasteiger charge is -2.33. The van der Waals surface area contributed by atoms with Gasteiger partial charge in [-0.05, 0) is 103 Å². The lowest BCUT2D eigenvalue weighted by atomic mass is 9.67. The third-order valence-electron chi connectivity index (χ3n) is 14.3. The largest absolute Gasteiger partial charge is 0.453 e. The van der Waals surface area contributed by atoms with Gasteiger partial charge in [0.1, 0.15) is 5.58 Å². The molecule has 302 valence electrons. The molecule has 0 bridgehead atoms. The second kappa shape index (κ2) is 13.8. The summed E-state index contributed by atoms with van der Waals surface area (Å²) in [7, 11) is 0. The Balaban J connectivity index is 1.04. The van der Waals surface area contributed by atoms with Gasteiger partial charge in [-0.25, -0.2) is 0 Å². The van der Waals surface area contributed by atoms with Gasteiger partial charge in [0.15, 0.2) is 5.58 Å². The van der Waals surface area contributed by atoms with E-state index in [-0.39, 0.29) is 5.41 Å². The van der Waals surface area contributed by atoms with Crippen LogP contribution in [0, 0.1) is 0 Å². The van der Waals surface area contributed by atoms with E-state index in [1.54, 1.807) is 0 Å². The number of para-hydroxylation sites is 1. The SMILES string of the molecule is CC1(C)c2ccccc2-c2c(N(c3cccc(-c4ccc5c(c4)-c4ccccc4C5(c4ccccc4)c4ccccc4)c3)c3cccc4c3oc3c5ccccc5ccc43)cccc21. The predicted octanol–water partition coefficient (Wildman–Crippen LogP) is 16.5. The molecule has 1 heterocycles. The number of hydrogen-bond acceptors (Lipinski definition) is 2. The molecule has 0 fully saturated rings.